The number of thiophene rings is 1. The molecule has 6 nitrogen and oxygen atoms in total. The third-order valence-electron chi connectivity index (χ3n) is 3.85. The summed E-state index contributed by atoms with van der Waals surface area (Å²) in [7, 11) is 0. The van der Waals surface area contributed by atoms with Crippen molar-refractivity contribution in [2.45, 2.75) is 13.1 Å². The molecule has 1 N–H and O–H groups in total. The third kappa shape index (κ3) is 2.59. The highest BCUT2D eigenvalue weighted by atomic mass is 32.1. The number of aromatic nitrogens is 3. The molecule has 0 spiro atoms. The molecule has 3 heterocycles. The molecule has 0 radical (unpaired) electrons. The molecule has 4 aromatic rings. The van der Waals surface area contributed by atoms with Gasteiger partial charge in [-0.3, -0.25) is 14.0 Å². The Hall–Kier alpha value is -2.93. The second-order valence-electron chi connectivity index (χ2n) is 5.43. The van der Waals surface area contributed by atoms with Gasteiger partial charge in [0.05, 0.1) is 10.2 Å². The molecule has 0 bridgehead atoms. The van der Waals surface area contributed by atoms with E-state index in [1.54, 1.807) is 22.1 Å². The van der Waals surface area contributed by atoms with Crippen LogP contribution in [-0.2, 0) is 17.9 Å². The van der Waals surface area contributed by atoms with Crippen LogP contribution in [0.4, 0.5) is 0 Å². The van der Waals surface area contributed by atoms with Crippen molar-refractivity contribution in [1.29, 1.82) is 0 Å². The summed E-state index contributed by atoms with van der Waals surface area (Å²) in [5.74, 6) is -0.244. The summed E-state index contributed by atoms with van der Waals surface area (Å²) in [6.45, 7) is 0.332. The summed E-state index contributed by atoms with van der Waals surface area (Å²) < 4.78 is 3.98. The van der Waals surface area contributed by atoms with Gasteiger partial charge in [0.2, 0.25) is 5.91 Å². The van der Waals surface area contributed by atoms with Crippen molar-refractivity contribution < 1.29 is 4.79 Å². The zero-order chi connectivity index (χ0) is 16.5. The molecule has 0 saturated carbocycles. The number of nitrogens with one attached hydrogen (secondary N) is 1. The minimum atomic E-state index is -0.268. The highest BCUT2D eigenvalue weighted by Gasteiger charge is 2.11. The Morgan fingerprint density at radius 2 is 2.00 bits per heavy atom. The second kappa shape index (κ2) is 5.93. The molecule has 4 rings (SSSR count). The van der Waals surface area contributed by atoms with E-state index in [4.69, 9.17) is 0 Å². The Bertz CT molecular complexity index is 1080. The van der Waals surface area contributed by atoms with Crippen molar-refractivity contribution in [3.8, 4) is 0 Å². The Kier molecular flexibility index (Phi) is 3.62. The Morgan fingerprint density at radius 3 is 2.83 bits per heavy atom. The first-order valence-corrected chi connectivity index (χ1v) is 8.35. The highest BCUT2D eigenvalue weighted by molar-refractivity contribution is 7.17. The van der Waals surface area contributed by atoms with Crippen molar-refractivity contribution in [2.24, 2.45) is 0 Å². The first kappa shape index (κ1) is 14.6. The van der Waals surface area contributed by atoms with Crippen LogP contribution in [0.2, 0.25) is 0 Å². The topological polar surface area (TPSA) is 68.4 Å². The molecule has 0 aliphatic heterocycles. The zero-order valence-electron chi connectivity index (χ0n) is 12.7. The lowest BCUT2D eigenvalue weighted by Crippen LogP contribution is -2.33. The van der Waals surface area contributed by atoms with E-state index < -0.39 is 0 Å². The summed E-state index contributed by atoms with van der Waals surface area (Å²) in [5.41, 5.74) is 2.23. The van der Waals surface area contributed by atoms with Crippen LogP contribution in [0.5, 0.6) is 0 Å². The molecule has 1 amide bonds. The number of amides is 1. The maximum atomic E-state index is 12.5. The molecular weight excluding hydrogens is 324 g/mol. The van der Waals surface area contributed by atoms with E-state index in [2.05, 4.69) is 10.4 Å². The molecule has 0 aliphatic carbocycles. The summed E-state index contributed by atoms with van der Waals surface area (Å²) in [6, 6.07) is 13.4. The SMILES string of the molecule is O=C(Cn1ncn2c(cc3sccc32)c1=O)NCc1ccccc1. The molecule has 24 heavy (non-hydrogen) atoms. The lowest BCUT2D eigenvalue weighted by Gasteiger charge is -2.07. The second-order valence-corrected chi connectivity index (χ2v) is 6.37. The predicted octanol–water partition coefficient (Wildman–Crippen LogP) is 2.03. The van der Waals surface area contributed by atoms with Crippen LogP contribution in [0.15, 0.2) is 59.0 Å². The molecule has 1 aromatic carbocycles. The largest absolute Gasteiger partial charge is 0.350 e. The fourth-order valence-electron chi connectivity index (χ4n) is 2.63. The number of hydrogen-bond donors (Lipinski definition) is 1. The van der Waals surface area contributed by atoms with Crippen LogP contribution in [0.3, 0.4) is 0 Å². The standard InChI is InChI=1S/C17H14N4O2S/c22-16(18-9-12-4-2-1-3-5-12)10-21-17(23)14-8-15-13(6-7-24-15)20(14)11-19-21/h1-8,11H,9-10H2,(H,18,22). The van der Waals surface area contributed by atoms with Crippen LogP contribution in [-0.4, -0.2) is 20.1 Å². The quantitative estimate of drug-likeness (QED) is 0.619. The van der Waals surface area contributed by atoms with Crippen LogP contribution >= 0.6 is 11.3 Å². The van der Waals surface area contributed by atoms with Gasteiger partial charge in [0, 0.05) is 6.54 Å². The average molecular weight is 338 g/mol. The van der Waals surface area contributed by atoms with E-state index in [-0.39, 0.29) is 18.0 Å². The van der Waals surface area contributed by atoms with Gasteiger partial charge in [-0.25, -0.2) is 4.68 Å². The van der Waals surface area contributed by atoms with Gasteiger partial charge in [-0.2, -0.15) is 5.10 Å². The van der Waals surface area contributed by atoms with E-state index >= 15 is 0 Å². The molecule has 0 unspecified atom stereocenters. The summed E-state index contributed by atoms with van der Waals surface area (Å²) in [4.78, 5) is 24.6. The predicted molar refractivity (Wildman–Crippen MR) is 93.1 cm³/mol. The van der Waals surface area contributed by atoms with Crippen LogP contribution < -0.4 is 10.9 Å². The number of rotatable bonds is 4. The minimum Gasteiger partial charge on any atom is -0.350 e. The van der Waals surface area contributed by atoms with Crippen molar-refractivity contribution in [3.63, 3.8) is 0 Å². The smallest absolute Gasteiger partial charge is 0.291 e. The van der Waals surface area contributed by atoms with E-state index in [0.29, 0.717) is 12.1 Å². The lowest BCUT2D eigenvalue weighted by molar-refractivity contribution is -0.122. The highest BCUT2D eigenvalue weighted by Crippen LogP contribution is 2.22. The normalized spacial score (nSPS) is 11.2. The van der Waals surface area contributed by atoms with Crippen LogP contribution in [0.1, 0.15) is 5.56 Å². The van der Waals surface area contributed by atoms with Gasteiger partial charge in [0.25, 0.3) is 5.56 Å². The molecule has 3 aromatic heterocycles. The van der Waals surface area contributed by atoms with Crippen LogP contribution in [0, 0.1) is 0 Å². The monoisotopic (exact) mass is 338 g/mol. The number of benzene rings is 1. The first-order chi connectivity index (χ1) is 11.7. The van der Waals surface area contributed by atoms with Gasteiger partial charge in [0.1, 0.15) is 18.4 Å². The number of nitrogens with zero attached hydrogens (tertiary/aromatic N) is 3. The lowest BCUT2D eigenvalue weighted by atomic mass is 10.2. The Labute approximate surface area is 141 Å². The molecular formula is C17H14N4O2S. The summed E-state index contributed by atoms with van der Waals surface area (Å²) in [6.07, 6.45) is 1.58. The van der Waals surface area contributed by atoms with Crippen LogP contribution in [0.25, 0.3) is 15.7 Å². The Balaban J connectivity index is 1.54. The van der Waals surface area contributed by atoms with Gasteiger partial charge in [-0.1, -0.05) is 30.3 Å². The molecule has 120 valence electrons. The first-order valence-electron chi connectivity index (χ1n) is 7.47. The van der Waals surface area contributed by atoms with Gasteiger partial charge in [-0.15, -0.1) is 11.3 Å². The van der Waals surface area contributed by atoms with Gasteiger partial charge in [0.15, 0.2) is 0 Å². The number of hydrogen-bond acceptors (Lipinski definition) is 4. The van der Waals surface area contributed by atoms with Gasteiger partial charge >= 0.3 is 0 Å². The van der Waals surface area contributed by atoms with E-state index in [1.165, 1.54) is 4.68 Å². The van der Waals surface area contributed by atoms with E-state index in [9.17, 15) is 9.59 Å². The number of carbonyl (C=O) groups is 1. The third-order valence-corrected chi connectivity index (χ3v) is 4.70. The Morgan fingerprint density at radius 1 is 1.17 bits per heavy atom. The summed E-state index contributed by atoms with van der Waals surface area (Å²) in [5, 5.41) is 8.89. The fraction of sp³-hybridized carbons (Fsp3) is 0.118. The fourth-order valence-corrected chi connectivity index (χ4v) is 3.44. The molecule has 7 heteroatoms. The average Bonchev–Trinajstić information content (AvgIpc) is 3.18. The maximum Gasteiger partial charge on any atom is 0.291 e. The van der Waals surface area contributed by atoms with E-state index in [1.807, 2.05) is 47.8 Å². The number of carbonyl (C=O) groups excluding carboxylic acids is 1. The van der Waals surface area contributed by atoms with Gasteiger partial charge < -0.3 is 5.32 Å². The van der Waals surface area contributed by atoms with Crippen molar-refractivity contribution >= 4 is 33.0 Å². The maximum absolute atomic E-state index is 12.5. The number of fused-ring (bicyclic) bond motifs is 3. The molecule has 0 saturated heterocycles. The zero-order valence-corrected chi connectivity index (χ0v) is 13.5. The molecule has 0 atom stereocenters. The van der Waals surface area contributed by atoms with Crippen molar-refractivity contribution in [3.05, 3.63) is 70.1 Å². The van der Waals surface area contributed by atoms with Crippen molar-refractivity contribution in [2.75, 3.05) is 0 Å². The minimum absolute atomic E-state index is 0.0962. The summed E-state index contributed by atoms with van der Waals surface area (Å²) >= 11 is 1.57. The van der Waals surface area contributed by atoms with Gasteiger partial charge in [-0.05, 0) is 23.1 Å². The van der Waals surface area contributed by atoms with Crippen molar-refractivity contribution in [1.82, 2.24) is 19.5 Å². The molecule has 0 aliphatic rings. The van der Waals surface area contributed by atoms with E-state index in [0.717, 1.165) is 15.8 Å². The molecule has 0 fully saturated rings.